The molecule has 0 heterocycles. The Bertz CT molecular complexity index is 486. The molecule has 0 radical (unpaired) electrons. The summed E-state index contributed by atoms with van der Waals surface area (Å²) in [5.41, 5.74) is 0. The van der Waals surface area contributed by atoms with Crippen LogP contribution < -0.4 is 0 Å². The van der Waals surface area contributed by atoms with Gasteiger partial charge in [-0.25, -0.2) is 0 Å². The lowest BCUT2D eigenvalue weighted by Gasteiger charge is -2.22. The molecule has 0 amide bonds. The largest absolute Gasteiger partial charge is 0.465 e. The van der Waals surface area contributed by atoms with Crippen molar-refractivity contribution in [1.82, 2.24) is 0 Å². The van der Waals surface area contributed by atoms with Crippen LogP contribution >= 0.6 is 0 Å². The fourth-order valence-electron chi connectivity index (χ4n) is 5.97. The highest BCUT2D eigenvalue weighted by molar-refractivity contribution is 5.72. The number of unbranched alkanes of at least 4 members (excludes halogenated alkanes) is 21. The minimum Gasteiger partial charge on any atom is -0.465 e. The molecular weight excluding hydrogens is 476 g/mol. The minimum atomic E-state index is 0.0804. The second-order valence-electron chi connectivity index (χ2n) is 13.1. The van der Waals surface area contributed by atoms with E-state index in [0.29, 0.717) is 18.4 Å². The van der Waals surface area contributed by atoms with Gasteiger partial charge in [-0.3, -0.25) is 4.79 Å². The molecule has 0 fully saturated rings. The second-order valence-corrected chi connectivity index (χ2v) is 13.1. The number of carbonyl (C=O) groups excluding carboxylic acids is 1. The highest BCUT2D eigenvalue weighted by atomic mass is 16.5. The van der Waals surface area contributed by atoms with E-state index in [9.17, 15) is 4.79 Å². The zero-order valence-electron chi connectivity index (χ0n) is 27.8. The molecule has 0 aliphatic heterocycles. The zero-order chi connectivity index (χ0) is 28.8. The quantitative estimate of drug-likeness (QED) is 0.0633. The van der Waals surface area contributed by atoms with Crippen LogP contribution in [0, 0.1) is 17.8 Å². The van der Waals surface area contributed by atoms with Crippen molar-refractivity contribution in [2.24, 2.45) is 17.8 Å². The van der Waals surface area contributed by atoms with Crippen LogP contribution in [-0.4, -0.2) is 12.6 Å². The van der Waals surface area contributed by atoms with Crippen molar-refractivity contribution in [1.29, 1.82) is 0 Å². The van der Waals surface area contributed by atoms with Crippen LogP contribution in [0.5, 0.6) is 0 Å². The first-order valence-electron chi connectivity index (χ1n) is 18.2. The van der Waals surface area contributed by atoms with E-state index in [4.69, 9.17) is 4.74 Å². The van der Waals surface area contributed by atoms with Crippen molar-refractivity contribution < 1.29 is 9.53 Å². The average molecular weight is 551 g/mol. The third-order valence-corrected chi connectivity index (χ3v) is 8.87. The van der Waals surface area contributed by atoms with Gasteiger partial charge in [0.1, 0.15) is 0 Å². The third kappa shape index (κ3) is 26.1. The summed E-state index contributed by atoms with van der Waals surface area (Å²) in [5.74, 6) is 1.10. The molecule has 0 aliphatic carbocycles. The Kier molecular flexibility index (Phi) is 30.0. The molecule has 2 nitrogen and oxygen atoms in total. The first kappa shape index (κ1) is 38.5. The number of rotatable bonds is 31. The summed E-state index contributed by atoms with van der Waals surface area (Å²) in [6, 6.07) is 0. The molecule has 0 aromatic rings. The molecule has 0 aromatic heterocycles. The average Bonchev–Trinajstić information content (AvgIpc) is 2.92. The van der Waals surface area contributed by atoms with Gasteiger partial charge in [-0.05, 0) is 31.1 Å². The van der Waals surface area contributed by atoms with Crippen molar-refractivity contribution in [2.45, 2.75) is 208 Å². The fraction of sp³-hybridized carbons (Fsp3) is 0.973. The van der Waals surface area contributed by atoms with E-state index in [2.05, 4.69) is 34.6 Å². The van der Waals surface area contributed by atoms with Crippen molar-refractivity contribution in [2.75, 3.05) is 6.61 Å². The molecule has 39 heavy (non-hydrogen) atoms. The van der Waals surface area contributed by atoms with Gasteiger partial charge in [0.2, 0.25) is 0 Å². The van der Waals surface area contributed by atoms with E-state index in [1.165, 1.54) is 167 Å². The van der Waals surface area contributed by atoms with Crippen LogP contribution in [-0.2, 0) is 9.53 Å². The van der Waals surface area contributed by atoms with Gasteiger partial charge >= 0.3 is 5.97 Å². The molecule has 2 unspecified atom stereocenters. The Morgan fingerprint density at radius 1 is 0.462 bits per heavy atom. The van der Waals surface area contributed by atoms with E-state index in [0.717, 1.165) is 6.42 Å². The first-order chi connectivity index (χ1) is 19.1. The smallest absolute Gasteiger partial charge is 0.309 e. The monoisotopic (exact) mass is 551 g/mol. The summed E-state index contributed by atoms with van der Waals surface area (Å²) >= 11 is 0. The Morgan fingerprint density at radius 2 is 0.769 bits per heavy atom. The van der Waals surface area contributed by atoms with Crippen LogP contribution in [0.3, 0.4) is 0 Å². The number of carbonyl (C=O) groups is 1. The predicted molar refractivity (Wildman–Crippen MR) is 174 cm³/mol. The molecule has 0 rings (SSSR count). The lowest BCUT2D eigenvalue weighted by Crippen LogP contribution is -2.25. The number of esters is 1. The summed E-state index contributed by atoms with van der Waals surface area (Å²) in [7, 11) is 0. The maximum absolute atomic E-state index is 13.1. The van der Waals surface area contributed by atoms with Gasteiger partial charge in [0.05, 0.1) is 12.5 Å². The van der Waals surface area contributed by atoms with Gasteiger partial charge in [0, 0.05) is 0 Å². The van der Waals surface area contributed by atoms with E-state index in [1.54, 1.807) is 0 Å². The third-order valence-electron chi connectivity index (χ3n) is 8.87. The van der Waals surface area contributed by atoms with E-state index < -0.39 is 0 Å². The van der Waals surface area contributed by atoms with Gasteiger partial charge in [-0.1, -0.05) is 189 Å². The molecule has 0 N–H and O–H groups in total. The highest BCUT2D eigenvalue weighted by Gasteiger charge is 2.24. The van der Waals surface area contributed by atoms with Crippen LogP contribution in [0.25, 0.3) is 0 Å². The van der Waals surface area contributed by atoms with Crippen LogP contribution in [0.2, 0.25) is 0 Å². The molecule has 0 bridgehead atoms. The van der Waals surface area contributed by atoms with Gasteiger partial charge < -0.3 is 4.74 Å². The number of hydrogen-bond acceptors (Lipinski definition) is 2. The van der Waals surface area contributed by atoms with Crippen LogP contribution in [0.15, 0.2) is 0 Å². The molecule has 0 spiro atoms. The lowest BCUT2D eigenvalue weighted by molar-refractivity contribution is -0.152. The minimum absolute atomic E-state index is 0.0804. The molecule has 0 aliphatic rings. The molecular formula is C37H74O2. The fourth-order valence-corrected chi connectivity index (χ4v) is 5.97. The number of hydrogen-bond donors (Lipinski definition) is 0. The number of ether oxygens (including phenoxy) is 1. The predicted octanol–water partition coefficient (Wildman–Crippen LogP) is 13.0. The Labute approximate surface area is 247 Å². The normalized spacial score (nSPS) is 13.2. The Hall–Kier alpha value is -0.530. The standard InChI is InChI=1S/C37H74O2/c1-6-9-12-15-18-20-21-23-26-29-32-36(34(4)5)37(38)39-33-35(30-27-24-17-14-11-8-3)31-28-25-22-19-16-13-10-7-2/h34-36H,6-33H2,1-5H3. The second kappa shape index (κ2) is 30.4. The molecule has 2 atom stereocenters. The topological polar surface area (TPSA) is 26.3 Å². The maximum Gasteiger partial charge on any atom is 0.309 e. The van der Waals surface area contributed by atoms with Gasteiger partial charge in [0.25, 0.3) is 0 Å². The SMILES string of the molecule is CCCCCCCCCCCCC(C(=O)OCC(CCCCCCCC)CCCCCCCCCC)C(C)C. The summed E-state index contributed by atoms with van der Waals surface area (Å²) in [6.45, 7) is 11.9. The van der Waals surface area contributed by atoms with E-state index in [-0.39, 0.29) is 11.9 Å². The maximum atomic E-state index is 13.1. The highest BCUT2D eigenvalue weighted by Crippen LogP contribution is 2.24. The Morgan fingerprint density at radius 3 is 1.10 bits per heavy atom. The van der Waals surface area contributed by atoms with Crippen molar-refractivity contribution in [3.05, 3.63) is 0 Å². The van der Waals surface area contributed by atoms with Gasteiger partial charge in [-0.2, -0.15) is 0 Å². The van der Waals surface area contributed by atoms with E-state index in [1.807, 2.05) is 0 Å². The van der Waals surface area contributed by atoms with Crippen molar-refractivity contribution >= 4 is 5.97 Å². The molecule has 0 saturated heterocycles. The molecule has 0 aromatic carbocycles. The summed E-state index contributed by atoms with van der Waals surface area (Å²) in [5, 5.41) is 0. The molecule has 0 saturated carbocycles. The van der Waals surface area contributed by atoms with Gasteiger partial charge in [0.15, 0.2) is 0 Å². The van der Waals surface area contributed by atoms with Crippen LogP contribution in [0.1, 0.15) is 208 Å². The summed E-state index contributed by atoms with van der Waals surface area (Å²) in [4.78, 5) is 13.1. The van der Waals surface area contributed by atoms with Crippen LogP contribution in [0.4, 0.5) is 0 Å². The van der Waals surface area contributed by atoms with E-state index >= 15 is 0 Å². The first-order valence-corrected chi connectivity index (χ1v) is 18.2. The molecule has 234 valence electrons. The molecule has 2 heteroatoms. The lowest BCUT2D eigenvalue weighted by atomic mass is 9.90. The summed E-state index contributed by atoms with van der Waals surface area (Å²) < 4.78 is 6.05. The Balaban J connectivity index is 4.34. The summed E-state index contributed by atoms with van der Waals surface area (Å²) in [6.07, 6.45) is 36.0. The van der Waals surface area contributed by atoms with Gasteiger partial charge in [-0.15, -0.1) is 0 Å². The van der Waals surface area contributed by atoms with Crippen molar-refractivity contribution in [3.8, 4) is 0 Å². The van der Waals surface area contributed by atoms with Crippen molar-refractivity contribution in [3.63, 3.8) is 0 Å². The zero-order valence-corrected chi connectivity index (χ0v) is 27.8.